The van der Waals surface area contributed by atoms with Gasteiger partial charge >= 0.3 is 0 Å². The lowest BCUT2D eigenvalue weighted by Crippen LogP contribution is -2.09. The summed E-state index contributed by atoms with van der Waals surface area (Å²) in [4.78, 5) is 8.81. The highest BCUT2D eigenvalue weighted by atomic mass is 19.1. The van der Waals surface area contributed by atoms with Crippen molar-refractivity contribution in [1.82, 2.24) is 4.98 Å². The molecule has 0 spiro atoms. The van der Waals surface area contributed by atoms with Crippen LogP contribution in [0, 0.1) is 5.82 Å². The molecule has 0 unspecified atom stereocenters. The van der Waals surface area contributed by atoms with E-state index in [1.54, 1.807) is 6.07 Å². The highest BCUT2D eigenvalue weighted by Crippen LogP contribution is 2.40. The number of hydrogen-bond donors (Lipinski definition) is 0. The van der Waals surface area contributed by atoms with Crippen LogP contribution in [0.25, 0.3) is 0 Å². The molecule has 3 aromatic rings. The maximum atomic E-state index is 13.1. The molecule has 24 heavy (non-hydrogen) atoms. The van der Waals surface area contributed by atoms with Crippen molar-refractivity contribution < 1.29 is 9.13 Å². The van der Waals surface area contributed by atoms with Gasteiger partial charge in [-0.05, 0) is 23.3 Å². The Balaban J connectivity index is 1.74. The van der Waals surface area contributed by atoms with Gasteiger partial charge in [0.05, 0.1) is 6.20 Å². The van der Waals surface area contributed by atoms with E-state index in [4.69, 9.17) is 9.73 Å². The summed E-state index contributed by atoms with van der Waals surface area (Å²) >= 11 is 0. The molecule has 0 aliphatic carbocycles. The molecule has 4 rings (SSSR count). The first-order chi connectivity index (χ1) is 11.8. The third kappa shape index (κ3) is 2.78. The van der Waals surface area contributed by atoms with Gasteiger partial charge in [0.15, 0.2) is 6.10 Å². The zero-order valence-corrected chi connectivity index (χ0v) is 12.8. The molecule has 1 aliphatic rings. The van der Waals surface area contributed by atoms with Crippen LogP contribution in [0.1, 0.15) is 29.0 Å². The average Bonchev–Trinajstić information content (AvgIpc) is 3.09. The predicted molar refractivity (Wildman–Crippen MR) is 90.2 cm³/mol. The van der Waals surface area contributed by atoms with Crippen LogP contribution < -0.4 is 0 Å². The molecule has 0 saturated carbocycles. The highest BCUT2D eigenvalue weighted by Gasteiger charge is 2.34. The zero-order chi connectivity index (χ0) is 16.4. The molecular weight excluding hydrogens is 303 g/mol. The normalized spacial score (nSPS) is 19.6. The maximum Gasteiger partial charge on any atom is 0.236 e. The van der Waals surface area contributed by atoms with Crippen LogP contribution in [-0.4, -0.2) is 10.9 Å². The van der Waals surface area contributed by atoms with Gasteiger partial charge < -0.3 is 4.74 Å². The summed E-state index contributed by atoms with van der Waals surface area (Å²) in [6.07, 6.45) is 0.949. The number of rotatable bonds is 3. The van der Waals surface area contributed by atoms with Crippen LogP contribution in [0.4, 0.5) is 4.39 Å². The summed E-state index contributed by atoms with van der Waals surface area (Å²) in [5, 5.41) is 0. The molecule has 2 heterocycles. The van der Waals surface area contributed by atoms with Crippen LogP contribution in [0.5, 0.6) is 0 Å². The van der Waals surface area contributed by atoms with Crippen molar-refractivity contribution in [2.75, 3.05) is 0 Å². The van der Waals surface area contributed by atoms with Gasteiger partial charge in [0.25, 0.3) is 0 Å². The third-order valence-electron chi connectivity index (χ3n) is 4.00. The molecule has 0 radical (unpaired) electrons. The quantitative estimate of drug-likeness (QED) is 0.713. The molecule has 3 nitrogen and oxygen atoms in total. The number of benzene rings is 2. The van der Waals surface area contributed by atoms with E-state index in [-0.39, 0.29) is 18.0 Å². The van der Waals surface area contributed by atoms with Gasteiger partial charge in [-0.3, -0.25) is 0 Å². The van der Waals surface area contributed by atoms with E-state index >= 15 is 0 Å². The molecule has 1 aromatic heterocycles. The van der Waals surface area contributed by atoms with Crippen molar-refractivity contribution in [3.05, 3.63) is 102 Å². The smallest absolute Gasteiger partial charge is 0.236 e. The van der Waals surface area contributed by atoms with Crippen LogP contribution >= 0.6 is 0 Å². The minimum atomic E-state index is -0.378. The largest absolute Gasteiger partial charge is 0.465 e. The number of halogens is 1. The molecule has 2 atom stereocenters. The minimum Gasteiger partial charge on any atom is -0.465 e. The lowest BCUT2D eigenvalue weighted by atomic mass is 9.97. The number of aromatic nitrogens is 1. The Labute approximate surface area is 139 Å². The van der Waals surface area contributed by atoms with Gasteiger partial charge in [-0.2, -0.15) is 0 Å². The van der Waals surface area contributed by atoms with Crippen molar-refractivity contribution in [1.29, 1.82) is 0 Å². The summed E-state index contributed by atoms with van der Waals surface area (Å²) in [6.45, 7) is 0. The molecule has 0 N–H and O–H groups in total. The Bertz CT molecular complexity index is 848. The standard InChI is InChI=1S/C20H15FN2O/c21-16-11-12-17(22-13-16)20-23-18(14-7-3-1-4-8-14)19(24-20)15-9-5-2-6-10-15/h1-13,18-19H/t18-,19+/m1/s1. The summed E-state index contributed by atoms with van der Waals surface area (Å²) in [7, 11) is 0. The Morgan fingerprint density at radius 2 is 1.46 bits per heavy atom. The van der Waals surface area contributed by atoms with Crippen molar-refractivity contribution in [3.8, 4) is 0 Å². The SMILES string of the molecule is Fc1ccc(C2=N[C@H](c3ccccc3)[C@H](c3ccccc3)O2)nc1. The Morgan fingerprint density at radius 3 is 2.08 bits per heavy atom. The average molecular weight is 318 g/mol. The van der Waals surface area contributed by atoms with Gasteiger partial charge in [-0.1, -0.05) is 60.7 Å². The van der Waals surface area contributed by atoms with Gasteiger partial charge in [-0.15, -0.1) is 0 Å². The Kier molecular flexibility index (Phi) is 3.79. The van der Waals surface area contributed by atoms with Crippen LogP contribution in [0.2, 0.25) is 0 Å². The Hall–Kier alpha value is -3.01. The van der Waals surface area contributed by atoms with Gasteiger partial charge in [0, 0.05) is 0 Å². The second-order valence-electron chi connectivity index (χ2n) is 5.60. The van der Waals surface area contributed by atoms with Crippen LogP contribution in [0.15, 0.2) is 84.0 Å². The number of pyridine rings is 1. The molecular formula is C20H15FN2O. The summed E-state index contributed by atoms with van der Waals surface area (Å²) in [6, 6.07) is 22.8. The lowest BCUT2D eigenvalue weighted by Gasteiger charge is -2.18. The molecule has 2 aromatic carbocycles. The third-order valence-corrected chi connectivity index (χ3v) is 4.00. The summed E-state index contributed by atoms with van der Waals surface area (Å²) in [5.41, 5.74) is 2.66. The fourth-order valence-electron chi connectivity index (χ4n) is 2.83. The van der Waals surface area contributed by atoms with E-state index in [2.05, 4.69) is 4.98 Å². The molecule has 1 aliphatic heterocycles. The van der Waals surface area contributed by atoms with Crippen molar-refractivity contribution in [2.24, 2.45) is 4.99 Å². The first-order valence-electron chi connectivity index (χ1n) is 7.77. The lowest BCUT2D eigenvalue weighted by molar-refractivity contribution is 0.196. The summed E-state index contributed by atoms with van der Waals surface area (Å²) in [5.74, 6) is 0.0641. The van der Waals surface area contributed by atoms with Gasteiger partial charge in [0.2, 0.25) is 5.90 Å². The van der Waals surface area contributed by atoms with E-state index in [1.807, 2.05) is 60.7 Å². The molecule has 0 bridgehead atoms. The number of hydrogen-bond acceptors (Lipinski definition) is 3. The topological polar surface area (TPSA) is 34.5 Å². The first kappa shape index (κ1) is 14.6. The molecule has 0 saturated heterocycles. The fourth-order valence-corrected chi connectivity index (χ4v) is 2.83. The van der Waals surface area contributed by atoms with E-state index in [0.29, 0.717) is 11.6 Å². The summed E-state index contributed by atoms with van der Waals surface area (Å²) < 4.78 is 19.2. The minimum absolute atomic E-state index is 0.157. The van der Waals surface area contributed by atoms with Crippen molar-refractivity contribution in [2.45, 2.75) is 12.1 Å². The number of nitrogens with zero attached hydrogens (tertiary/aromatic N) is 2. The van der Waals surface area contributed by atoms with E-state index < -0.39 is 0 Å². The van der Waals surface area contributed by atoms with Gasteiger partial charge in [-0.25, -0.2) is 14.4 Å². The first-order valence-corrected chi connectivity index (χ1v) is 7.77. The van der Waals surface area contributed by atoms with E-state index in [1.165, 1.54) is 12.3 Å². The fraction of sp³-hybridized carbons (Fsp3) is 0.100. The second kappa shape index (κ2) is 6.24. The van der Waals surface area contributed by atoms with Crippen molar-refractivity contribution >= 4 is 5.90 Å². The highest BCUT2D eigenvalue weighted by molar-refractivity contribution is 5.93. The molecule has 4 heteroatoms. The monoisotopic (exact) mass is 318 g/mol. The van der Waals surface area contributed by atoms with E-state index in [0.717, 1.165) is 11.1 Å². The number of aliphatic imine (C=N–C) groups is 1. The molecule has 0 fully saturated rings. The second-order valence-corrected chi connectivity index (χ2v) is 5.60. The molecule has 0 amide bonds. The molecule has 118 valence electrons. The van der Waals surface area contributed by atoms with Gasteiger partial charge in [0.1, 0.15) is 17.6 Å². The maximum absolute atomic E-state index is 13.1. The van der Waals surface area contributed by atoms with Crippen LogP contribution in [0.3, 0.4) is 0 Å². The Morgan fingerprint density at radius 1 is 0.792 bits per heavy atom. The van der Waals surface area contributed by atoms with E-state index in [9.17, 15) is 4.39 Å². The number of ether oxygens (including phenoxy) is 1. The van der Waals surface area contributed by atoms with Crippen molar-refractivity contribution in [3.63, 3.8) is 0 Å². The zero-order valence-electron chi connectivity index (χ0n) is 12.8. The van der Waals surface area contributed by atoms with Crippen LogP contribution in [-0.2, 0) is 4.74 Å². The predicted octanol–water partition coefficient (Wildman–Crippen LogP) is 4.48.